The maximum atomic E-state index is 12.3. The fraction of sp³-hybridized carbons (Fsp3) is 0. The lowest BCUT2D eigenvalue weighted by Gasteiger charge is -2.05. The molecule has 0 aliphatic rings. The van der Waals surface area contributed by atoms with Crippen LogP contribution in [0.15, 0.2) is 42.7 Å². The van der Waals surface area contributed by atoms with Crippen LogP contribution in [0.25, 0.3) is 5.65 Å². The number of nitrogen functional groups attached to an aromatic ring is 1. The Labute approximate surface area is 119 Å². The Morgan fingerprint density at radius 2 is 2.14 bits per heavy atom. The molecule has 3 rings (SSSR count). The Bertz CT molecular complexity index is 877. The number of nitrogens with one attached hydrogen (secondary N) is 1. The number of carbonyl (C=O) groups is 1. The fourth-order valence-electron chi connectivity index (χ4n) is 1.92. The van der Waals surface area contributed by atoms with E-state index in [1.54, 1.807) is 36.5 Å². The molecule has 2 heterocycles. The molecule has 7 nitrogen and oxygen atoms in total. The average molecular weight is 278 g/mol. The molecule has 0 saturated carbocycles. The van der Waals surface area contributed by atoms with Gasteiger partial charge in [-0.1, -0.05) is 12.1 Å². The number of nitrogens with zero attached hydrogens (tertiary/aromatic N) is 4. The smallest absolute Gasteiger partial charge is 0.261 e. The third-order valence-electron chi connectivity index (χ3n) is 2.93. The Hall–Kier alpha value is -3.40. The van der Waals surface area contributed by atoms with Gasteiger partial charge in [0.1, 0.15) is 17.5 Å². The molecule has 0 saturated heterocycles. The summed E-state index contributed by atoms with van der Waals surface area (Å²) in [7, 11) is 0. The molecule has 21 heavy (non-hydrogen) atoms. The molecule has 0 aliphatic heterocycles. The molecule has 0 spiro atoms. The first kappa shape index (κ1) is 12.6. The van der Waals surface area contributed by atoms with Crippen LogP contribution in [0.1, 0.15) is 15.9 Å². The summed E-state index contributed by atoms with van der Waals surface area (Å²) < 4.78 is 1.46. The van der Waals surface area contributed by atoms with Crippen molar-refractivity contribution in [3.8, 4) is 6.07 Å². The molecule has 2 aromatic heterocycles. The summed E-state index contributed by atoms with van der Waals surface area (Å²) in [6.07, 6.45) is 3.03. The predicted molar refractivity (Wildman–Crippen MR) is 76.5 cm³/mol. The van der Waals surface area contributed by atoms with Crippen molar-refractivity contribution in [1.29, 1.82) is 5.26 Å². The van der Waals surface area contributed by atoms with E-state index in [2.05, 4.69) is 15.4 Å². The lowest BCUT2D eigenvalue weighted by atomic mass is 10.2. The number of nitrogens with two attached hydrogens (primary N) is 1. The molecular weight excluding hydrogens is 268 g/mol. The van der Waals surface area contributed by atoms with Crippen LogP contribution < -0.4 is 11.1 Å². The first-order chi connectivity index (χ1) is 10.2. The van der Waals surface area contributed by atoms with Crippen LogP contribution in [-0.2, 0) is 0 Å². The number of nitriles is 1. The first-order valence-corrected chi connectivity index (χ1v) is 6.09. The number of amides is 1. The number of benzene rings is 1. The number of fused-ring (bicyclic) bond motifs is 1. The van der Waals surface area contributed by atoms with Gasteiger partial charge in [-0.25, -0.2) is 9.50 Å². The summed E-state index contributed by atoms with van der Waals surface area (Å²) in [5.41, 5.74) is 7.10. The monoisotopic (exact) mass is 278 g/mol. The van der Waals surface area contributed by atoms with E-state index in [4.69, 9.17) is 11.0 Å². The number of hydrogen-bond acceptors (Lipinski definition) is 5. The zero-order chi connectivity index (χ0) is 14.8. The van der Waals surface area contributed by atoms with Crippen molar-refractivity contribution in [2.75, 3.05) is 11.1 Å². The topological polar surface area (TPSA) is 109 Å². The number of carbonyl (C=O) groups excluding carboxylic acids is 1. The van der Waals surface area contributed by atoms with Crippen LogP contribution in [0.2, 0.25) is 0 Å². The SMILES string of the molecule is N#Cc1ccccc1NC(=O)c1cnn2ccc(N)nc12. The zero-order valence-electron chi connectivity index (χ0n) is 10.8. The number of anilines is 2. The third kappa shape index (κ3) is 2.26. The van der Waals surface area contributed by atoms with Gasteiger partial charge in [0.05, 0.1) is 17.4 Å². The van der Waals surface area contributed by atoms with Crippen LogP contribution in [0, 0.1) is 11.3 Å². The Morgan fingerprint density at radius 3 is 2.95 bits per heavy atom. The molecule has 102 valence electrons. The standard InChI is InChI=1S/C14H10N6O/c15-7-9-3-1-2-4-11(9)18-14(21)10-8-17-20-6-5-12(16)19-13(10)20/h1-6,8H,(H2,16,19)(H,18,21). The molecular formula is C14H10N6O. The Morgan fingerprint density at radius 1 is 1.33 bits per heavy atom. The second-order valence-corrected chi connectivity index (χ2v) is 4.29. The fourth-order valence-corrected chi connectivity index (χ4v) is 1.92. The third-order valence-corrected chi connectivity index (χ3v) is 2.93. The molecule has 0 atom stereocenters. The van der Waals surface area contributed by atoms with Gasteiger partial charge in [-0.05, 0) is 18.2 Å². The quantitative estimate of drug-likeness (QED) is 0.737. The molecule has 3 N–H and O–H groups in total. The van der Waals surface area contributed by atoms with Crippen LogP contribution in [0.5, 0.6) is 0 Å². The average Bonchev–Trinajstić information content (AvgIpc) is 2.90. The Kier molecular flexibility index (Phi) is 2.97. The van der Waals surface area contributed by atoms with E-state index in [0.717, 1.165) is 0 Å². The summed E-state index contributed by atoms with van der Waals surface area (Å²) in [5.74, 6) is -0.0970. The van der Waals surface area contributed by atoms with E-state index in [0.29, 0.717) is 22.7 Å². The highest BCUT2D eigenvalue weighted by atomic mass is 16.1. The highest BCUT2D eigenvalue weighted by Gasteiger charge is 2.15. The zero-order valence-corrected chi connectivity index (χ0v) is 10.8. The van der Waals surface area contributed by atoms with E-state index in [-0.39, 0.29) is 5.56 Å². The van der Waals surface area contributed by atoms with Crippen molar-refractivity contribution in [3.63, 3.8) is 0 Å². The summed E-state index contributed by atoms with van der Waals surface area (Å²) in [6.45, 7) is 0. The van der Waals surface area contributed by atoms with Gasteiger partial charge in [-0.3, -0.25) is 4.79 Å². The van der Waals surface area contributed by atoms with Crippen molar-refractivity contribution in [3.05, 3.63) is 53.9 Å². The minimum absolute atomic E-state index is 0.287. The maximum absolute atomic E-state index is 12.3. The van der Waals surface area contributed by atoms with Gasteiger partial charge in [0.25, 0.3) is 5.91 Å². The summed E-state index contributed by atoms with van der Waals surface area (Å²) in [5, 5.41) is 15.7. The summed E-state index contributed by atoms with van der Waals surface area (Å²) in [4.78, 5) is 16.4. The van der Waals surface area contributed by atoms with Gasteiger partial charge in [0.2, 0.25) is 0 Å². The minimum atomic E-state index is -0.397. The second-order valence-electron chi connectivity index (χ2n) is 4.29. The van der Waals surface area contributed by atoms with Gasteiger partial charge in [-0.15, -0.1) is 0 Å². The maximum Gasteiger partial charge on any atom is 0.261 e. The molecule has 0 radical (unpaired) electrons. The van der Waals surface area contributed by atoms with Crippen molar-refractivity contribution >= 4 is 23.1 Å². The van der Waals surface area contributed by atoms with Crippen molar-refractivity contribution in [1.82, 2.24) is 14.6 Å². The van der Waals surface area contributed by atoms with Crippen LogP contribution in [0.4, 0.5) is 11.5 Å². The predicted octanol–water partition coefficient (Wildman–Crippen LogP) is 1.44. The largest absolute Gasteiger partial charge is 0.384 e. The lowest BCUT2D eigenvalue weighted by Crippen LogP contribution is -2.13. The Balaban J connectivity index is 1.98. The van der Waals surface area contributed by atoms with Gasteiger partial charge in [0.15, 0.2) is 5.65 Å². The molecule has 7 heteroatoms. The molecule has 0 aliphatic carbocycles. The number of aromatic nitrogens is 3. The number of rotatable bonds is 2. The van der Waals surface area contributed by atoms with Gasteiger partial charge >= 0.3 is 0 Å². The van der Waals surface area contributed by atoms with E-state index in [1.165, 1.54) is 10.7 Å². The highest BCUT2D eigenvalue weighted by Crippen LogP contribution is 2.16. The van der Waals surface area contributed by atoms with E-state index in [9.17, 15) is 4.79 Å². The van der Waals surface area contributed by atoms with Crippen molar-refractivity contribution < 1.29 is 4.79 Å². The van der Waals surface area contributed by atoms with Crippen LogP contribution in [0.3, 0.4) is 0 Å². The van der Waals surface area contributed by atoms with Crippen molar-refractivity contribution in [2.24, 2.45) is 0 Å². The van der Waals surface area contributed by atoms with E-state index in [1.807, 2.05) is 6.07 Å². The molecule has 1 aromatic carbocycles. The molecule has 0 fully saturated rings. The van der Waals surface area contributed by atoms with Crippen LogP contribution >= 0.6 is 0 Å². The summed E-state index contributed by atoms with van der Waals surface area (Å²) in [6, 6.07) is 10.4. The van der Waals surface area contributed by atoms with Crippen molar-refractivity contribution in [2.45, 2.75) is 0 Å². The number of hydrogen-bond donors (Lipinski definition) is 2. The first-order valence-electron chi connectivity index (χ1n) is 6.09. The van der Waals surface area contributed by atoms with Gasteiger partial charge in [-0.2, -0.15) is 10.4 Å². The summed E-state index contributed by atoms with van der Waals surface area (Å²) >= 11 is 0. The highest BCUT2D eigenvalue weighted by molar-refractivity contribution is 6.08. The normalized spacial score (nSPS) is 10.2. The molecule has 3 aromatic rings. The lowest BCUT2D eigenvalue weighted by molar-refractivity contribution is 0.102. The molecule has 1 amide bonds. The molecule has 0 bridgehead atoms. The van der Waals surface area contributed by atoms with Gasteiger partial charge in [0, 0.05) is 6.20 Å². The minimum Gasteiger partial charge on any atom is -0.384 e. The molecule has 0 unspecified atom stereocenters. The number of para-hydroxylation sites is 1. The second kappa shape index (κ2) is 4.94. The van der Waals surface area contributed by atoms with Crippen LogP contribution in [-0.4, -0.2) is 20.5 Å². The van der Waals surface area contributed by atoms with E-state index < -0.39 is 5.91 Å². The van der Waals surface area contributed by atoms with E-state index >= 15 is 0 Å². The van der Waals surface area contributed by atoms with Gasteiger partial charge < -0.3 is 11.1 Å².